The van der Waals surface area contributed by atoms with Crippen molar-refractivity contribution in [3.63, 3.8) is 0 Å². The highest BCUT2D eigenvalue weighted by molar-refractivity contribution is 6.36. The van der Waals surface area contributed by atoms with E-state index in [1.807, 2.05) is 12.1 Å². The van der Waals surface area contributed by atoms with E-state index in [9.17, 15) is 0 Å². The van der Waals surface area contributed by atoms with Crippen LogP contribution < -0.4 is 10.1 Å². The third-order valence-electron chi connectivity index (χ3n) is 2.44. The summed E-state index contributed by atoms with van der Waals surface area (Å²) in [6, 6.07) is 3.50. The molecule has 92 valence electrons. The number of nitrogens with one attached hydrogen (secondary N) is 1. The number of rotatable bonds is 4. The second-order valence-corrected chi connectivity index (χ2v) is 4.64. The molecule has 1 aromatic rings. The zero-order valence-electron chi connectivity index (χ0n) is 9.17. The maximum Gasteiger partial charge on any atom is 0.145 e. The van der Waals surface area contributed by atoms with Gasteiger partial charge in [0.05, 0.1) is 11.6 Å². The molecule has 0 saturated heterocycles. The van der Waals surface area contributed by atoms with Gasteiger partial charge in [0, 0.05) is 23.7 Å². The number of ether oxygens (including phenoxy) is 1. The highest BCUT2D eigenvalue weighted by Crippen LogP contribution is 2.36. The maximum atomic E-state index is 8.68. The molecule has 1 aliphatic rings. The summed E-state index contributed by atoms with van der Waals surface area (Å²) in [5.74, 6) is 0.682. The molecular formula is C12H13Cl2NO2. The van der Waals surface area contributed by atoms with E-state index in [4.69, 9.17) is 33.0 Å². The second kappa shape index (κ2) is 5.74. The molecule has 17 heavy (non-hydrogen) atoms. The lowest BCUT2D eigenvalue weighted by Crippen LogP contribution is -2.24. The molecule has 0 radical (unpaired) electrons. The molecule has 0 atom stereocenters. The first-order valence-corrected chi connectivity index (χ1v) is 6.09. The Bertz CT molecular complexity index is 446. The van der Waals surface area contributed by atoms with E-state index in [1.165, 1.54) is 0 Å². The van der Waals surface area contributed by atoms with Gasteiger partial charge in [0.1, 0.15) is 12.4 Å². The van der Waals surface area contributed by atoms with Crippen LogP contribution in [0.1, 0.15) is 5.56 Å². The summed E-state index contributed by atoms with van der Waals surface area (Å²) in [7, 11) is 0. The van der Waals surface area contributed by atoms with Crippen molar-refractivity contribution in [2.24, 2.45) is 0 Å². The van der Waals surface area contributed by atoms with E-state index in [0.717, 1.165) is 11.1 Å². The van der Waals surface area contributed by atoms with Crippen LogP contribution in [0.25, 0.3) is 6.08 Å². The van der Waals surface area contributed by atoms with Crippen LogP contribution in [-0.4, -0.2) is 31.4 Å². The third-order valence-corrected chi connectivity index (χ3v) is 2.94. The lowest BCUT2D eigenvalue weighted by Gasteiger charge is -2.19. The van der Waals surface area contributed by atoms with Crippen molar-refractivity contribution in [1.29, 1.82) is 0 Å². The zero-order chi connectivity index (χ0) is 12.3. The fraction of sp³-hybridized carbons (Fsp3) is 0.333. The molecule has 0 fully saturated rings. The van der Waals surface area contributed by atoms with E-state index < -0.39 is 0 Å². The molecule has 1 heterocycles. The van der Waals surface area contributed by atoms with Gasteiger partial charge in [-0.3, -0.25) is 0 Å². The largest absolute Gasteiger partial charge is 0.487 e. The van der Waals surface area contributed by atoms with Crippen LogP contribution in [0.5, 0.6) is 5.75 Å². The summed E-state index contributed by atoms with van der Waals surface area (Å²) in [5, 5.41) is 12.9. The highest BCUT2D eigenvalue weighted by Gasteiger charge is 2.15. The number of hydrogen-bond donors (Lipinski definition) is 2. The van der Waals surface area contributed by atoms with Crippen LogP contribution in [0, 0.1) is 0 Å². The molecule has 2 N–H and O–H groups in total. The van der Waals surface area contributed by atoms with E-state index in [0.29, 0.717) is 35.5 Å². The Balaban J connectivity index is 2.16. The van der Waals surface area contributed by atoms with E-state index in [1.54, 1.807) is 6.07 Å². The van der Waals surface area contributed by atoms with Gasteiger partial charge in [-0.15, -0.1) is 0 Å². The van der Waals surface area contributed by atoms with Gasteiger partial charge in [-0.05, 0) is 23.8 Å². The van der Waals surface area contributed by atoms with E-state index in [-0.39, 0.29) is 6.61 Å². The van der Waals surface area contributed by atoms with Crippen molar-refractivity contribution in [3.05, 3.63) is 33.3 Å². The average molecular weight is 274 g/mol. The molecule has 2 rings (SSSR count). The number of aliphatic hydroxyl groups is 1. The number of aliphatic hydroxyl groups excluding tert-OH is 1. The molecule has 0 aromatic heterocycles. The minimum absolute atomic E-state index is 0.127. The van der Waals surface area contributed by atoms with Crippen LogP contribution in [0.15, 0.2) is 17.7 Å². The normalized spacial score (nSPS) is 13.9. The fourth-order valence-electron chi connectivity index (χ4n) is 1.70. The van der Waals surface area contributed by atoms with Crippen LogP contribution in [0.4, 0.5) is 0 Å². The summed E-state index contributed by atoms with van der Waals surface area (Å²) in [4.78, 5) is 0. The minimum Gasteiger partial charge on any atom is -0.487 e. The first kappa shape index (κ1) is 12.7. The molecule has 0 saturated carbocycles. The quantitative estimate of drug-likeness (QED) is 0.828. The van der Waals surface area contributed by atoms with Crippen LogP contribution >= 0.6 is 23.2 Å². The van der Waals surface area contributed by atoms with Crippen LogP contribution in [0.2, 0.25) is 10.0 Å². The summed E-state index contributed by atoms with van der Waals surface area (Å²) < 4.78 is 5.59. The topological polar surface area (TPSA) is 41.5 Å². The summed E-state index contributed by atoms with van der Waals surface area (Å²) >= 11 is 12.0. The summed E-state index contributed by atoms with van der Waals surface area (Å²) in [6.45, 7) is 1.89. The fourth-order valence-corrected chi connectivity index (χ4v) is 2.26. The van der Waals surface area contributed by atoms with Gasteiger partial charge < -0.3 is 15.2 Å². The molecule has 0 bridgehead atoms. The Kier molecular flexibility index (Phi) is 4.29. The number of benzene rings is 1. The first-order valence-electron chi connectivity index (χ1n) is 5.33. The van der Waals surface area contributed by atoms with Gasteiger partial charge >= 0.3 is 0 Å². The maximum absolute atomic E-state index is 8.68. The molecule has 0 spiro atoms. The van der Waals surface area contributed by atoms with Crippen LogP contribution in [-0.2, 0) is 0 Å². The number of hydrogen-bond acceptors (Lipinski definition) is 3. The zero-order valence-corrected chi connectivity index (χ0v) is 10.7. The Morgan fingerprint density at radius 3 is 2.94 bits per heavy atom. The van der Waals surface area contributed by atoms with Crippen LogP contribution in [0.3, 0.4) is 0 Å². The predicted molar refractivity (Wildman–Crippen MR) is 69.9 cm³/mol. The molecule has 1 aliphatic heterocycles. The monoisotopic (exact) mass is 273 g/mol. The molecule has 1 aromatic carbocycles. The Hall–Kier alpha value is -0.740. The lowest BCUT2D eigenvalue weighted by molar-refractivity contribution is 0.292. The lowest BCUT2D eigenvalue weighted by atomic mass is 10.1. The van der Waals surface area contributed by atoms with Crippen molar-refractivity contribution in [2.45, 2.75) is 0 Å². The molecule has 0 amide bonds. The SMILES string of the molecule is OCCNCC1=Cc2cc(Cl)cc(Cl)c2OC1. The van der Waals surface area contributed by atoms with Crippen molar-refractivity contribution >= 4 is 29.3 Å². The van der Waals surface area contributed by atoms with E-state index in [2.05, 4.69) is 5.32 Å². The van der Waals surface area contributed by atoms with Gasteiger partial charge in [0.15, 0.2) is 0 Å². The van der Waals surface area contributed by atoms with Gasteiger partial charge in [-0.2, -0.15) is 0 Å². The molecule has 3 nitrogen and oxygen atoms in total. The molecular weight excluding hydrogens is 261 g/mol. The van der Waals surface area contributed by atoms with Gasteiger partial charge in [0.2, 0.25) is 0 Å². The van der Waals surface area contributed by atoms with Crippen molar-refractivity contribution in [2.75, 3.05) is 26.3 Å². The van der Waals surface area contributed by atoms with E-state index >= 15 is 0 Å². The van der Waals surface area contributed by atoms with Crippen molar-refractivity contribution in [3.8, 4) is 5.75 Å². The number of fused-ring (bicyclic) bond motifs is 1. The smallest absolute Gasteiger partial charge is 0.145 e. The summed E-state index contributed by atoms with van der Waals surface area (Å²) in [6.07, 6.45) is 2.01. The van der Waals surface area contributed by atoms with Gasteiger partial charge in [-0.25, -0.2) is 0 Å². The second-order valence-electron chi connectivity index (χ2n) is 3.80. The first-order chi connectivity index (χ1) is 8.20. The molecule has 5 heteroatoms. The predicted octanol–water partition coefficient (Wildman–Crippen LogP) is 2.35. The van der Waals surface area contributed by atoms with Crippen molar-refractivity contribution in [1.82, 2.24) is 5.32 Å². The molecule has 0 unspecified atom stereocenters. The summed E-state index contributed by atoms with van der Waals surface area (Å²) in [5.41, 5.74) is 2.00. The standard InChI is InChI=1S/C12H13Cl2NO2/c13-10-4-9-3-8(6-15-1-2-16)7-17-12(9)11(14)5-10/h3-5,15-16H,1-2,6-7H2. The highest BCUT2D eigenvalue weighted by atomic mass is 35.5. The Morgan fingerprint density at radius 1 is 1.35 bits per heavy atom. The van der Waals surface area contributed by atoms with Crippen molar-refractivity contribution < 1.29 is 9.84 Å². The molecule has 0 aliphatic carbocycles. The Morgan fingerprint density at radius 2 is 2.18 bits per heavy atom. The third kappa shape index (κ3) is 3.13. The van der Waals surface area contributed by atoms with Gasteiger partial charge in [-0.1, -0.05) is 23.2 Å². The minimum atomic E-state index is 0.127. The number of halogens is 2. The average Bonchev–Trinajstić information content (AvgIpc) is 2.28. The Labute approximate surface area is 110 Å². The van der Waals surface area contributed by atoms with Gasteiger partial charge in [0.25, 0.3) is 0 Å².